The molecule has 3 aliphatic rings. The van der Waals surface area contributed by atoms with E-state index < -0.39 is 50.2 Å². The van der Waals surface area contributed by atoms with Crippen LogP contribution in [0.1, 0.15) is 48.9 Å². The van der Waals surface area contributed by atoms with E-state index in [1.165, 1.54) is 12.1 Å². The minimum atomic E-state index is -4.06. The van der Waals surface area contributed by atoms with E-state index >= 15 is 0 Å². The molecule has 1 saturated heterocycles. The number of carbonyl (C=O) groups excluding carboxylic acids is 2. The van der Waals surface area contributed by atoms with Crippen molar-refractivity contribution in [3.63, 3.8) is 0 Å². The third-order valence-corrected chi connectivity index (χ3v) is 11.0. The molecule has 2 unspecified atom stereocenters. The summed E-state index contributed by atoms with van der Waals surface area (Å²) in [5.41, 5.74) is -1.73. The largest absolute Gasteiger partial charge is 0.387 e. The highest BCUT2D eigenvalue weighted by Gasteiger charge is 2.55. The van der Waals surface area contributed by atoms with E-state index in [9.17, 15) is 36.3 Å². The predicted molar refractivity (Wildman–Crippen MR) is 139 cm³/mol. The molecule has 3 fully saturated rings. The summed E-state index contributed by atoms with van der Waals surface area (Å²) >= 11 is 6.25. The average molecular weight is 601 g/mol. The number of amides is 2. The summed E-state index contributed by atoms with van der Waals surface area (Å²) < 4.78 is 73.2. The number of hydrogen-bond donors (Lipinski definition) is 3. The lowest BCUT2D eigenvalue weighted by Crippen LogP contribution is -2.55. The van der Waals surface area contributed by atoms with Crippen molar-refractivity contribution < 1.29 is 41.0 Å². The summed E-state index contributed by atoms with van der Waals surface area (Å²) in [6.07, 6.45) is 2.37. The third-order valence-electron chi connectivity index (χ3n) is 8.32. The first-order chi connectivity index (χ1) is 18.9. The lowest BCUT2D eigenvalue weighted by molar-refractivity contribution is -0.133. The average Bonchev–Trinajstić information content (AvgIpc) is 3.48. The minimum absolute atomic E-state index is 0.00871. The van der Waals surface area contributed by atoms with Crippen molar-refractivity contribution in [1.29, 1.82) is 0 Å². The Labute approximate surface area is 234 Å². The molecule has 216 valence electrons. The Morgan fingerprint density at radius 2 is 1.70 bits per heavy atom. The van der Waals surface area contributed by atoms with E-state index in [-0.39, 0.29) is 58.3 Å². The van der Waals surface area contributed by atoms with Gasteiger partial charge in [0.25, 0.3) is 5.91 Å². The Bertz CT molecular complexity index is 1410. The van der Waals surface area contributed by atoms with Crippen LogP contribution in [0.5, 0.6) is 0 Å². The number of carbonyl (C=O) groups is 2. The number of ether oxygens (including phenoxy) is 1. The standard InChI is InChI=1S/C27H28ClF3N2O6S/c28-19-6-3-14(25(34)33-17-11-20(29)24(31)21(30)12-17)8-23(19)40(37,38)18-9-15-4-5-16(10-18)27(15,36)13-32-26(35)22-2-1-7-39-22/h3,6,8,11-12,15-16,18,22,36H,1-2,4-5,7,9-10,13H2,(H,32,35)(H,33,34)/t15?,16?,18?,22-,27?/m1/s1. The van der Waals surface area contributed by atoms with E-state index in [2.05, 4.69) is 10.6 Å². The monoisotopic (exact) mass is 600 g/mol. The molecule has 3 N–H and O–H groups in total. The van der Waals surface area contributed by atoms with Crippen molar-refractivity contribution in [2.75, 3.05) is 18.5 Å². The second-order valence-electron chi connectivity index (χ2n) is 10.7. The van der Waals surface area contributed by atoms with E-state index in [4.69, 9.17) is 16.3 Å². The smallest absolute Gasteiger partial charge is 0.255 e. The second-order valence-corrected chi connectivity index (χ2v) is 13.3. The molecule has 0 aromatic heterocycles. The van der Waals surface area contributed by atoms with Crippen LogP contribution in [0.2, 0.25) is 5.02 Å². The fourth-order valence-corrected chi connectivity index (χ4v) is 8.55. The number of hydrogen-bond acceptors (Lipinski definition) is 6. The molecule has 2 amide bonds. The van der Waals surface area contributed by atoms with Crippen molar-refractivity contribution in [2.45, 2.75) is 60.4 Å². The lowest BCUT2D eigenvalue weighted by Gasteiger charge is -2.42. The topological polar surface area (TPSA) is 122 Å². The molecule has 0 spiro atoms. The highest BCUT2D eigenvalue weighted by atomic mass is 35.5. The Kier molecular flexibility index (Phi) is 7.90. The van der Waals surface area contributed by atoms with Gasteiger partial charge in [-0.3, -0.25) is 9.59 Å². The van der Waals surface area contributed by atoms with Crippen molar-refractivity contribution >= 4 is 38.9 Å². The number of halogens is 4. The summed E-state index contributed by atoms with van der Waals surface area (Å²) in [6, 6.07) is 4.79. The fraction of sp³-hybridized carbons (Fsp3) is 0.481. The van der Waals surface area contributed by atoms with Crippen LogP contribution in [0.15, 0.2) is 35.2 Å². The van der Waals surface area contributed by atoms with Gasteiger partial charge in [0.05, 0.1) is 20.8 Å². The van der Waals surface area contributed by atoms with E-state index in [1.54, 1.807) is 0 Å². The van der Waals surface area contributed by atoms with Gasteiger partial charge in [0.1, 0.15) is 6.10 Å². The summed E-state index contributed by atoms with van der Waals surface area (Å²) in [5, 5.41) is 15.5. The number of fused-ring (bicyclic) bond motifs is 2. The maximum atomic E-state index is 13.7. The van der Waals surface area contributed by atoms with E-state index in [0.717, 1.165) is 12.5 Å². The van der Waals surface area contributed by atoms with E-state index in [0.29, 0.717) is 38.0 Å². The number of sulfone groups is 1. The van der Waals surface area contributed by atoms with Gasteiger partial charge < -0.3 is 20.5 Å². The Hall–Kier alpha value is -2.67. The first-order valence-corrected chi connectivity index (χ1v) is 14.9. The summed E-state index contributed by atoms with van der Waals surface area (Å²) in [7, 11) is -4.06. The molecule has 2 aliphatic carbocycles. The van der Waals surface area contributed by atoms with Crippen molar-refractivity contribution in [2.24, 2.45) is 11.8 Å². The first-order valence-electron chi connectivity index (χ1n) is 13.0. The highest BCUT2D eigenvalue weighted by molar-refractivity contribution is 7.92. The second kappa shape index (κ2) is 11.0. The van der Waals surface area contributed by atoms with Gasteiger partial charge in [-0.25, -0.2) is 21.6 Å². The van der Waals surface area contributed by atoms with Gasteiger partial charge in [-0.05, 0) is 68.6 Å². The molecule has 13 heteroatoms. The van der Waals surface area contributed by atoms with Gasteiger partial charge in [0.15, 0.2) is 27.3 Å². The molecular weight excluding hydrogens is 573 g/mol. The minimum Gasteiger partial charge on any atom is -0.387 e. The van der Waals surface area contributed by atoms with Gasteiger partial charge in [0, 0.05) is 36.5 Å². The number of nitrogens with one attached hydrogen (secondary N) is 2. The molecule has 0 radical (unpaired) electrons. The quantitative estimate of drug-likeness (QED) is 0.413. The molecule has 2 bridgehead atoms. The molecule has 8 nitrogen and oxygen atoms in total. The zero-order valence-corrected chi connectivity index (χ0v) is 22.8. The number of benzene rings is 2. The van der Waals surface area contributed by atoms with Gasteiger partial charge in [0.2, 0.25) is 5.91 Å². The van der Waals surface area contributed by atoms with Crippen LogP contribution in [-0.2, 0) is 19.4 Å². The number of aliphatic hydroxyl groups is 1. The van der Waals surface area contributed by atoms with Crippen molar-refractivity contribution in [1.82, 2.24) is 5.32 Å². The van der Waals surface area contributed by atoms with Crippen LogP contribution in [-0.4, -0.2) is 55.4 Å². The molecule has 5 rings (SSSR count). The van der Waals surface area contributed by atoms with Crippen LogP contribution >= 0.6 is 11.6 Å². The molecule has 1 heterocycles. The van der Waals surface area contributed by atoms with Crippen molar-refractivity contribution in [3.05, 3.63) is 58.4 Å². The van der Waals surface area contributed by atoms with Gasteiger partial charge >= 0.3 is 0 Å². The van der Waals surface area contributed by atoms with E-state index in [1.807, 2.05) is 0 Å². The zero-order chi connectivity index (χ0) is 28.8. The lowest BCUT2D eigenvalue weighted by atomic mass is 9.74. The SMILES string of the molecule is O=C(Nc1cc(F)c(F)c(F)c1)c1ccc(Cl)c(S(=O)(=O)C2CC3CCC(C2)C3(O)CNC(=O)[C@H]2CCCO2)c1. The number of anilines is 1. The maximum absolute atomic E-state index is 13.7. The van der Waals surface area contributed by atoms with Gasteiger partial charge in [-0.1, -0.05) is 11.6 Å². The zero-order valence-electron chi connectivity index (χ0n) is 21.3. The van der Waals surface area contributed by atoms with Crippen LogP contribution in [0.4, 0.5) is 18.9 Å². The highest BCUT2D eigenvalue weighted by Crippen LogP contribution is 2.52. The van der Waals surface area contributed by atoms with Gasteiger partial charge in [-0.15, -0.1) is 0 Å². The molecule has 3 atom stereocenters. The fourth-order valence-electron chi connectivity index (χ4n) is 6.15. The Morgan fingerprint density at radius 3 is 2.30 bits per heavy atom. The molecule has 2 saturated carbocycles. The molecular formula is C27H28ClF3N2O6S. The normalized spacial score (nSPS) is 27.9. The third kappa shape index (κ3) is 5.34. The summed E-state index contributed by atoms with van der Waals surface area (Å²) in [4.78, 5) is 24.9. The number of rotatable bonds is 7. The van der Waals surface area contributed by atoms with Crippen LogP contribution in [0.3, 0.4) is 0 Å². The summed E-state index contributed by atoms with van der Waals surface area (Å²) in [6.45, 7) is 0.524. The molecule has 1 aliphatic heterocycles. The molecule has 2 aromatic carbocycles. The summed E-state index contributed by atoms with van der Waals surface area (Å²) in [5.74, 6) is -6.57. The maximum Gasteiger partial charge on any atom is 0.255 e. The molecule has 40 heavy (non-hydrogen) atoms. The predicted octanol–water partition coefficient (Wildman–Crippen LogP) is 4.00. The van der Waals surface area contributed by atoms with Crippen LogP contribution in [0, 0.1) is 29.3 Å². The van der Waals surface area contributed by atoms with Crippen LogP contribution in [0.25, 0.3) is 0 Å². The Balaban J connectivity index is 1.31. The van der Waals surface area contributed by atoms with Crippen LogP contribution < -0.4 is 10.6 Å². The van der Waals surface area contributed by atoms with Crippen molar-refractivity contribution in [3.8, 4) is 0 Å². The molecule has 2 aromatic rings. The Morgan fingerprint density at radius 1 is 1.05 bits per heavy atom. The first kappa shape index (κ1) is 28.8. The van der Waals surface area contributed by atoms with Gasteiger partial charge in [-0.2, -0.15) is 0 Å².